The first-order chi connectivity index (χ1) is 20.4. The Morgan fingerprint density at radius 3 is 2.67 bits per heavy atom. The summed E-state index contributed by atoms with van der Waals surface area (Å²) in [6.45, 7) is 12.7. The van der Waals surface area contributed by atoms with Crippen LogP contribution in [0, 0.1) is 0 Å². The second-order valence-electron chi connectivity index (χ2n) is 13.0. The fourth-order valence-electron chi connectivity index (χ4n) is 5.21. The standard InChI is InChI=1S/C35H48N4O4/c1-34(2,3)27-12-14-37-32(21-27)35(4,5)38-22-31(40)30-19-24-10-9-11-29(18-24)43-15-8-7-13-36-28-17-25(23-42-6)16-26(20-28)33(41)39-30/h9-12,14,16-18,20-21,30-31,36,38,40H,7-8,13,15,19,22-23H2,1-6H3,(H,39,41)/t30-,31+/m0/s1. The van der Waals surface area contributed by atoms with Gasteiger partial charge in [0.2, 0.25) is 0 Å². The number of hydrogen-bond donors (Lipinski definition) is 4. The average molecular weight is 589 g/mol. The van der Waals surface area contributed by atoms with Gasteiger partial charge in [-0.1, -0.05) is 32.9 Å². The number of nitrogens with zero attached hydrogens (tertiary/aromatic N) is 1. The van der Waals surface area contributed by atoms with Crippen LogP contribution in [0.25, 0.3) is 0 Å². The molecule has 0 fully saturated rings. The van der Waals surface area contributed by atoms with Crippen molar-refractivity contribution >= 4 is 11.6 Å². The lowest BCUT2D eigenvalue weighted by Crippen LogP contribution is -2.51. The van der Waals surface area contributed by atoms with Crippen LogP contribution >= 0.6 is 0 Å². The molecule has 0 radical (unpaired) electrons. The van der Waals surface area contributed by atoms with Crippen LogP contribution in [0.1, 0.15) is 80.2 Å². The highest BCUT2D eigenvalue weighted by molar-refractivity contribution is 5.95. The molecule has 2 heterocycles. The van der Waals surface area contributed by atoms with E-state index in [1.807, 2.05) is 54.7 Å². The van der Waals surface area contributed by atoms with Crippen LogP contribution in [0.5, 0.6) is 5.75 Å². The molecule has 0 aliphatic carbocycles. The minimum Gasteiger partial charge on any atom is -0.494 e. The lowest BCUT2D eigenvalue weighted by atomic mass is 9.85. The van der Waals surface area contributed by atoms with E-state index >= 15 is 0 Å². The molecule has 0 unspecified atom stereocenters. The Morgan fingerprint density at radius 1 is 1.09 bits per heavy atom. The number of rotatable bonds is 7. The molecule has 1 aliphatic rings. The second kappa shape index (κ2) is 14.3. The zero-order valence-corrected chi connectivity index (χ0v) is 26.5. The number of anilines is 1. The smallest absolute Gasteiger partial charge is 0.251 e. The van der Waals surface area contributed by atoms with Crippen LogP contribution < -0.4 is 20.7 Å². The van der Waals surface area contributed by atoms with Gasteiger partial charge in [0, 0.05) is 37.6 Å². The van der Waals surface area contributed by atoms with E-state index in [0.29, 0.717) is 25.2 Å². The van der Waals surface area contributed by atoms with Crippen LogP contribution in [-0.4, -0.2) is 54.9 Å². The summed E-state index contributed by atoms with van der Waals surface area (Å²) in [4.78, 5) is 18.3. The van der Waals surface area contributed by atoms with Crippen molar-refractivity contribution in [3.05, 3.63) is 88.7 Å². The van der Waals surface area contributed by atoms with Gasteiger partial charge in [-0.3, -0.25) is 9.78 Å². The highest BCUT2D eigenvalue weighted by Gasteiger charge is 2.28. The predicted octanol–water partition coefficient (Wildman–Crippen LogP) is 5.34. The molecule has 4 bridgehead atoms. The number of carbonyl (C=O) groups is 1. The Morgan fingerprint density at radius 2 is 1.91 bits per heavy atom. The maximum absolute atomic E-state index is 13.7. The number of aromatic nitrogens is 1. The number of fused-ring (bicyclic) bond motifs is 4. The molecule has 3 aromatic rings. The van der Waals surface area contributed by atoms with Crippen molar-refractivity contribution in [2.75, 3.05) is 32.1 Å². The molecule has 8 nitrogen and oxygen atoms in total. The lowest BCUT2D eigenvalue weighted by Gasteiger charge is -2.31. The van der Waals surface area contributed by atoms with Crippen molar-refractivity contribution in [3.8, 4) is 5.75 Å². The molecule has 2 aromatic carbocycles. The van der Waals surface area contributed by atoms with Crippen LogP contribution in [0.2, 0.25) is 0 Å². The zero-order chi connectivity index (χ0) is 31.0. The number of hydrogen-bond acceptors (Lipinski definition) is 7. The van der Waals surface area contributed by atoms with Crippen molar-refractivity contribution in [1.29, 1.82) is 0 Å². The van der Waals surface area contributed by atoms with E-state index in [-0.39, 0.29) is 17.9 Å². The van der Waals surface area contributed by atoms with E-state index in [4.69, 9.17) is 9.47 Å². The Balaban J connectivity index is 1.59. The van der Waals surface area contributed by atoms with Gasteiger partial charge in [-0.2, -0.15) is 0 Å². The number of aliphatic hydroxyl groups is 1. The van der Waals surface area contributed by atoms with Crippen LogP contribution in [0.15, 0.2) is 60.8 Å². The van der Waals surface area contributed by atoms with Gasteiger partial charge < -0.3 is 30.5 Å². The van der Waals surface area contributed by atoms with Crippen molar-refractivity contribution in [2.45, 2.75) is 83.6 Å². The van der Waals surface area contributed by atoms with Gasteiger partial charge in [-0.05, 0) is 97.7 Å². The van der Waals surface area contributed by atoms with Gasteiger partial charge >= 0.3 is 0 Å². The number of aliphatic hydroxyl groups excluding tert-OH is 1. The fraction of sp³-hybridized carbons (Fsp3) is 0.486. The highest BCUT2D eigenvalue weighted by atomic mass is 16.5. The molecule has 0 saturated carbocycles. The second-order valence-corrected chi connectivity index (χ2v) is 13.0. The van der Waals surface area contributed by atoms with Crippen LogP contribution in [-0.2, 0) is 28.7 Å². The number of amides is 1. The average Bonchev–Trinajstić information content (AvgIpc) is 2.97. The third-order valence-electron chi connectivity index (χ3n) is 7.89. The normalized spacial score (nSPS) is 17.4. The maximum Gasteiger partial charge on any atom is 0.251 e. The Bertz CT molecular complexity index is 1370. The van der Waals surface area contributed by atoms with Gasteiger partial charge in [0.1, 0.15) is 5.75 Å². The summed E-state index contributed by atoms with van der Waals surface area (Å²) in [5.74, 6) is 0.541. The summed E-state index contributed by atoms with van der Waals surface area (Å²) in [7, 11) is 1.64. The number of carbonyl (C=O) groups excluding carboxylic acids is 1. The van der Waals surface area contributed by atoms with E-state index in [2.05, 4.69) is 61.6 Å². The van der Waals surface area contributed by atoms with Gasteiger partial charge in [0.15, 0.2) is 0 Å². The first-order valence-corrected chi connectivity index (χ1v) is 15.2. The summed E-state index contributed by atoms with van der Waals surface area (Å²) in [5.41, 5.74) is 4.85. The summed E-state index contributed by atoms with van der Waals surface area (Å²) in [6.07, 6.45) is 3.24. The van der Waals surface area contributed by atoms with Crippen molar-refractivity contribution < 1.29 is 19.4 Å². The largest absolute Gasteiger partial charge is 0.494 e. The molecule has 2 atom stereocenters. The fourth-order valence-corrected chi connectivity index (χ4v) is 5.21. The molecule has 0 spiro atoms. The lowest BCUT2D eigenvalue weighted by molar-refractivity contribution is 0.0812. The molecule has 1 aliphatic heterocycles. The van der Waals surface area contributed by atoms with Crippen molar-refractivity contribution in [2.24, 2.45) is 0 Å². The summed E-state index contributed by atoms with van der Waals surface area (Å²) in [6, 6.07) is 17.2. The maximum atomic E-state index is 13.7. The van der Waals surface area contributed by atoms with Crippen molar-refractivity contribution in [1.82, 2.24) is 15.6 Å². The molecule has 232 valence electrons. The SMILES string of the molecule is COCc1cc2cc(c1)C(=O)N[C@H]([C@H](O)CNC(C)(C)c1cc(C(C)(C)C)ccn1)Cc1cccc(c1)OCCCCN2. The first-order valence-electron chi connectivity index (χ1n) is 15.2. The minimum atomic E-state index is -0.878. The number of benzene rings is 2. The zero-order valence-electron chi connectivity index (χ0n) is 26.5. The van der Waals surface area contributed by atoms with Crippen LogP contribution in [0.4, 0.5) is 5.69 Å². The number of nitrogens with one attached hydrogen (secondary N) is 3. The van der Waals surface area contributed by atoms with Gasteiger partial charge in [0.25, 0.3) is 5.91 Å². The molecular weight excluding hydrogens is 540 g/mol. The Hall–Kier alpha value is -3.46. The van der Waals surface area contributed by atoms with E-state index in [9.17, 15) is 9.90 Å². The monoisotopic (exact) mass is 588 g/mol. The quantitative estimate of drug-likeness (QED) is 0.296. The first kappa shape index (κ1) is 32.5. The van der Waals surface area contributed by atoms with E-state index in [1.54, 1.807) is 7.11 Å². The third kappa shape index (κ3) is 9.26. The van der Waals surface area contributed by atoms with Crippen LogP contribution in [0.3, 0.4) is 0 Å². The molecule has 8 heteroatoms. The molecule has 0 saturated heterocycles. The van der Waals surface area contributed by atoms with Crippen molar-refractivity contribution in [3.63, 3.8) is 0 Å². The molecular formula is C35H48N4O4. The Kier molecular flexibility index (Phi) is 10.8. The Labute approximate surface area is 256 Å². The summed E-state index contributed by atoms with van der Waals surface area (Å²) < 4.78 is 11.4. The van der Waals surface area contributed by atoms with E-state index < -0.39 is 17.7 Å². The number of ether oxygens (including phenoxy) is 2. The minimum absolute atomic E-state index is 0.00449. The molecule has 1 amide bonds. The third-order valence-corrected chi connectivity index (χ3v) is 7.89. The van der Waals surface area contributed by atoms with Gasteiger partial charge in [-0.25, -0.2) is 0 Å². The number of methoxy groups -OCH3 is 1. The molecule has 4 rings (SSSR count). The number of pyridine rings is 1. The molecule has 1 aromatic heterocycles. The van der Waals surface area contributed by atoms with Gasteiger partial charge in [-0.15, -0.1) is 0 Å². The highest BCUT2D eigenvalue weighted by Crippen LogP contribution is 2.26. The summed E-state index contributed by atoms with van der Waals surface area (Å²) in [5, 5.41) is 21.6. The predicted molar refractivity (Wildman–Crippen MR) is 172 cm³/mol. The van der Waals surface area contributed by atoms with E-state index in [0.717, 1.165) is 47.6 Å². The van der Waals surface area contributed by atoms with E-state index in [1.165, 1.54) is 5.56 Å². The van der Waals surface area contributed by atoms with Gasteiger partial charge in [0.05, 0.1) is 36.6 Å². The topological polar surface area (TPSA) is 105 Å². The molecule has 4 N–H and O–H groups in total. The molecule has 43 heavy (non-hydrogen) atoms. The summed E-state index contributed by atoms with van der Waals surface area (Å²) >= 11 is 0.